The third-order valence-corrected chi connectivity index (χ3v) is 12.0. The second kappa shape index (κ2) is 36.4. The van der Waals surface area contributed by atoms with Crippen LogP contribution in [0.25, 0.3) is 54.0 Å². The molecule has 10 rings (SSSR count). The molecule has 12 heteroatoms. The maximum Gasteiger partial charge on any atom is 0.278 e. The molecule has 0 aliphatic rings. The average molecular weight is 993 g/mol. The number of halogens is 1. The normalized spacial score (nSPS) is 9.14. The molecule has 0 saturated carbocycles. The minimum atomic E-state index is -0.534. The summed E-state index contributed by atoms with van der Waals surface area (Å²) in [6.07, 6.45) is 8.37. The molecule has 10 aromatic heterocycles. The number of thiol groups is 1. The molecule has 5 nitrogen and oxygen atoms in total. The summed E-state index contributed by atoms with van der Waals surface area (Å²) in [5.74, 6) is 4.44. The van der Waals surface area contributed by atoms with Crippen molar-refractivity contribution < 1.29 is 26.5 Å². The van der Waals surface area contributed by atoms with E-state index in [1.54, 1.807) is 81.7 Å². The Bertz CT molecular complexity index is 2240. The van der Waals surface area contributed by atoms with Gasteiger partial charge in [0.2, 0.25) is 0 Å². The first-order valence-corrected chi connectivity index (χ1v) is 26.8. The smallest absolute Gasteiger partial charge is 0.278 e. The largest absolute Gasteiger partial charge is 0.469 e. The van der Waals surface area contributed by atoms with Crippen LogP contribution < -0.4 is 0 Å². The molecule has 350 valence electrons. The van der Waals surface area contributed by atoms with Gasteiger partial charge in [-0.2, -0.15) is 28.4 Å². The van der Waals surface area contributed by atoms with Gasteiger partial charge < -0.3 is 22.1 Å². The highest BCUT2D eigenvalue weighted by molar-refractivity contribution is 7.79. The monoisotopic (exact) mass is 992 g/mol. The van der Waals surface area contributed by atoms with Crippen LogP contribution in [0.4, 0.5) is 4.39 Å². The van der Waals surface area contributed by atoms with Crippen LogP contribution in [-0.2, 0) is 5.75 Å². The second-order valence-corrected chi connectivity index (χ2v) is 16.4. The lowest BCUT2D eigenvalue weighted by atomic mass is 10.2. The lowest BCUT2D eigenvalue weighted by molar-refractivity contribution is 0.359. The highest BCUT2D eigenvalue weighted by Crippen LogP contribution is 2.29. The fraction of sp³-hybridized carbons (Fsp3) is 0.245. The van der Waals surface area contributed by atoms with Crippen LogP contribution in [0.15, 0.2) is 177 Å². The Hall–Kier alpha value is -4.82. The van der Waals surface area contributed by atoms with Gasteiger partial charge in [-0.05, 0) is 102 Å². The van der Waals surface area contributed by atoms with E-state index in [-0.39, 0.29) is 0 Å². The molecule has 0 atom stereocenters. The molecule has 0 amide bonds. The lowest BCUT2D eigenvalue weighted by Crippen LogP contribution is -1.65. The Balaban J connectivity index is 0.000000387. The molecule has 0 aliphatic carbocycles. The summed E-state index contributed by atoms with van der Waals surface area (Å²) >= 11 is 12.6. The van der Waals surface area contributed by atoms with Crippen LogP contribution in [0.3, 0.4) is 0 Å². The average Bonchev–Trinajstić information content (AvgIpc) is 4.18. The van der Waals surface area contributed by atoms with E-state index in [0.29, 0.717) is 5.75 Å². The van der Waals surface area contributed by atoms with Gasteiger partial charge in [-0.3, -0.25) is 0 Å². The number of hydrogen-bond acceptors (Lipinski definition) is 11. The molecule has 0 N–H and O–H groups in total. The van der Waals surface area contributed by atoms with Gasteiger partial charge in [-0.1, -0.05) is 87.4 Å². The number of thiophene rings is 5. The van der Waals surface area contributed by atoms with E-state index < -0.39 is 6.01 Å². The van der Waals surface area contributed by atoms with Crippen molar-refractivity contribution in [3.63, 3.8) is 0 Å². The molecule has 10 heterocycles. The van der Waals surface area contributed by atoms with Gasteiger partial charge in [0.1, 0.15) is 29.3 Å². The van der Waals surface area contributed by atoms with Crippen molar-refractivity contribution in [3.8, 4) is 54.0 Å². The van der Waals surface area contributed by atoms with Gasteiger partial charge in [0.15, 0.2) is 0 Å². The van der Waals surface area contributed by atoms with Crippen molar-refractivity contribution in [2.45, 2.75) is 88.8 Å². The Morgan fingerprint density at radius 1 is 0.462 bits per heavy atom. The maximum absolute atomic E-state index is 12.4. The molecular weight excluding hydrogens is 928 g/mol. The number of aryl methyl sites for hydroxylation is 2. The molecule has 0 radical (unpaired) electrons. The van der Waals surface area contributed by atoms with Gasteiger partial charge >= 0.3 is 0 Å². The van der Waals surface area contributed by atoms with E-state index in [0.717, 1.165) is 44.6 Å². The molecule has 0 bridgehead atoms. The molecular formula is C53H65FO5S6. The Morgan fingerprint density at radius 2 is 0.954 bits per heavy atom. The zero-order chi connectivity index (χ0) is 48.2. The topological polar surface area (TPSA) is 65.7 Å². The van der Waals surface area contributed by atoms with Crippen molar-refractivity contribution in [2.24, 2.45) is 0 Å². The Kier molecular flexibility index (Phi) is 32.6. The predicted octanol–water partition coefficient (Wildman–Crippen LogP) is 21.4. The SMILES string of the molecule is CC.CC.CC.CC.CC.Cc1cc(-c2ccco2)cs1.Cc1cc(-c2cccs2)co1.Fc1cc(-c2cccs2)co1.SCc1cc(-c2cccs2)co1.c1coc(-c2ccsc2)c1. The van der Waals surface area contributed by atoms with Crippen LogP contribution in [0.2, 0.25) is 0 Å². The minimum absolute atomic E-state index is 0.534. The predicted molar refractivity (Wildman–Crippen MR) is 289 cm³/mol. The Labute approximate surface area is 412 Å². The molecule has 65 heavy (non-hydrogen) atoms. The number of hydrogen-bond donors (Lipinski definition) is 1. The first kappa shape index (κ1) is 58.2. The van der Waals surface area contributed by atoms with Gasteiger partial charge in [-0.25, -0.2) is 0 Å². The van der Waals surface area contributed by atoms with Gasteiger partial charge in [-0.15, -0.1) is 45.3 Å². The fourth-order valence-electron chi connectivity index (χ4n) is 4.80. The van der Waals surface area contributed by atoms with Crippen molar-refractivity contribution in [1.29, 1.82) is 0 Å². The minimum Gasteiger partial charge on any atom is -0.469 e. The summed E-state index contributed by atoms with van der Waals surface area (Å²) in [7, 11) is 0. The van der Waals surface area contributed by atoms with Crippen LogP contribution in [0.5, 0.6) is 0 Å². The van der Waals surface area contributed by atoms with Gasteiger partial charge in [0, 0.05) is 69.9 Å². The molecule has 0 fully saturated rings. The van der Waals surface area contributed by atoms with Gasteiger partial charge in [0.25, 0.3) is 6.01 Å². The van der Waals surface area contributed by atoms with Crippen LogP contribution in [-0.4, -0.2) is 0 Å². The fourth-order valence-corrected chi connectivity index (χ4v) is 8.41. The van der Waals surface area contributed by atoms with Crippen molar-refractivity contribution in [1.82, 2.24) is 0 Å². The van der Waals surface area contributed by atoms with Crippen LogP contribution in [0.1, 0.15) is 85.6 Å². The summed E-state index contributed by atoms with van der Waals surface area (Å²) in [5.41, 5.74) is 5.47. The Morgan fingerprint density at radius 3 is 1.31 bits per heavy atom. The van der Waals surface area contributed by atoms with E-state index in [1.807, 2.05) is 154 Å². The van der Waals surface area contributed by atoms with Crippen LogP contribution in [0, 0.1) is 19.9 Å². The van der Waals surface area contributed by atoms with Crippen LogP contribution >= 0.6 is 69.3 Å². The van der Waals surface area contributed by atoms with Gasteiger partial charge in [0.05, 0.1) is 25.1 Å². The summed E-state index contributed by atoms with van der Waals surface area (Å²) in [4.78, 5) is 4.85. The quantitative estimate of drug-likeness (QED) is 0.168. The van der Waals surface area contributed by atoms with E-state index >= 15 is 0 Å². The maximum atomic E-state index is 12.4. The summed E-state index contributed by atoms with van der Waals surface area (Å²) < 4.78 is 37.8. The highest BCUT2D eigenvalue weighted by Gasteiger charge is 2.05. The zero-order valence-electron chi connectivity index (χ0n) is 39.6. The first-order chi connectivity index (χ1) is 31.9. The first-order valence-electron chi connectivity index (χ1n) is 21.7. The third-order valence-electron chi connectivity index (χ3n) is 7.39. The molecule has 10 aromatic rings. The third kappa shape index (κ3) is 21.4. The number of rotatable bonds is 6. The van der Waals surface area contributed by atoms with E-state index in [4.69, 9.17) is 17.7 Å². The van der Waals surface area contributed by atoms with E-state index in [2.05, 4.69) is 63.7 Å². The van der Waals surface area contributed by atoms with Crippen molar-refractivity contribution in [3.05, 3.63) is 177 Å². The molecule has 0 aromatic carbocycles. The molecule has 0 aliphatic heterocycles. The summed E-state index contributed by atoms with van der Waals surface area (Å²) in [6, 6.07) is 28.9. The van der Waals surface area contributed by atoms with Crippen molar-refractivity contribution >= 4 is 69.3 Å². The molecule has 0 saturated heterocycles. The van der Waals surface area contributed by atoms with E-state index in [9.17, 15) is 4.39 Å². The van der Waals surface area contributed by atoms with Crippen molar-refractivity contribution in [2.75, 3.05) is 0 Å². The number of furan rings is 5. The molecule has 0 unspecified atom stereocenters. The summed E-state index contributed by atoms with van der Waals surface area (Å²) in [5, 5.41) is 12.3. The second-order valence-electron chi connectivity index (χ2n) is 11.4. The van der Waals surface area contributed by atoms with E-state index in [1.165, 1.54) is 38.1 Å². The lowest BCUT2D eigenvalue weighted by Gasteiger charge is -1.86. The summed E-state index contributed by atoms with van der Waals surface area (Å²) in [6.45, 7) is 24.0. The zero-order valence-corrected chi connectivity index (χ0v) is 44.6. The standard InChI is InChI=1S/C9H8OS2.2C9H8OS.C8H5FOS.C8H6OS.5C2H6/c11-6-8-4-7(5-10-8)9-2-1-3-12-9;1-7-5-8(6-10-7)9-3-2-4-11-9;1-7-5-8(6-11-7)9-3-2-4-10-9;9-8-4-6(5-10-8)7-2-1-3-11-7;1-2-8(9-4-1)7-3-5-10-6-7;5*1-2/h1-5,11H,6H2;2*2-6H,1H3;1-5H;1-6H;5*1-2H3. The highest BCUT2D eigenvalue weighted by atomic mass is 32.1. The molecule has 0 spiro atoms.